The molecule has 7 heteroatoms. The van der Waals surface area contributed by atoms with Gasteiger partial charge in [0.2, 0.25) is 0 Å². The van der Waals surface area contributed by atoms with Crippen molar-refractivity contribution in [2.45, 2.75) is 40.7 Å². The van der Waals surface area contributed by atoms with Crippen LogP contribution in [-0.2, 0) is 9.53 Å². The molecule has 0 fully saturated rings. The summed E-state index contributed by atoms with van der Waals surface area (Å²) in [4.78, 5) is 33.3. The number of thiazole rings is 1. The fourth-order valence-corrected chi connectivity index (χ4v) is 6.93. The van der Waals surface area contributed by atoms with E-state index in [0.717, 1.165) is 33.8 Å². The molecular weight excluding hydrogens is 554 g/mol. The van der Waals surface area contributed by atoms with Gasteiger partial charge < -0.3 is 9.30 Å². The number of fused-ring (bicyclic) bond motifs is 1. The van der Waals surface area contributed by atoms with E-state index in [1.165, 1.54) is 22.5 Å². The van der Waals surface area contributed by atoms with Crippen LogP contribution in [0.1, 0.15) is 52.2 Å². The van der Waals surface area contributed by atoms with E-state index in [4.69, 9.17) is 9.73 Å². The Morgan fingerprint density at radius 1 is 0.930 bits per heavy atom. The molecule has 3 aromatic carbocycles. The molecule has 0 saturated carbocycles. The lowest BCUT2D eigenvalue weighted by Crippen LogP contribution is -2.40. The molecule has 6 nitrogen and oxygen atoms in total. The number of rotatable bonds is 6. The smallest absolute Gasteiger partial charge is 0.338 e. The Morgan fingerprint density at radius 2 is 1.58 bits per heavy atom. The first-order valence-electron chi connectivity index (χ1n) is 14.4. The van der Waals surface area contributed by atoms with E-state index >= 15 is 0 Å². The van der Waals surface area contributed by atoms with Crippen LogP contribution in [0.2, 0.25) is 0 Å². The number of nitrogens with zero attached hydrogens (tertiary/aromatic N) is 3. The van der Waals surface area contributed by atoms with Gasteiger partial charge in [-0.3, -0.25) is 9.36 Å². The van der Waals surface area contributed by atoms with Crippen molar-refractivity contribution in [3.05, 3.63) is 149 Å². The minimum Gasteiger partial charge on any atom is -0.463 e. The van der Waals surface area contributed by atoms with E-state index in [9.17, 15) is 9.59 Å². The molecule has 0 aliphatic carbocycles. The molecule has 6 rings (SSSR count). The maximum absolute atomic E-state index is 14.2. The van der Waals surface area contributed by atoms with E-state index in [1.807, 2.05) is 66.7 Å². The topological polar surface area (TPSA) is 65.6 Å². The second kappa shape index (κ2) is 11.5. The van der Waals surface area contributed by atoms with Gasteiger partial charge in [0.25, 0.3) is 5.56 Å². The van der Waals surface area contributed by atoms with Gasteiger partial charge in [0, 0.05) is 22.6 Å². The number of aryl methyl sites for hydroxylation is 3. The Hall–Kier alpha value is -4.75. The first-order chi connectivity index (χ1) is 20.8. The van der Waals surface area contributed by atoms with Gasteiger partial charge in [0.05, 0.1) is 28.5 Å². The molecule has 1 aliphatic rings. The van der Waals surface area contributed by atoms with E-state index in [-0.39, 0.29) is 12.2 Å². The van der Waals surface area contributed by atoms with Gasteiger partial charge >= 0.3 is 5.97 Å². The average Bonchev–Trinajstić information content (AvgIpc) is 3.46. The molecule has 5 aromatic rings. The number of hydrogen-bond acceptors (Lipinski definition) is 5. The van der Waals surface area contributed by atoms with Gasteiger partial charge in [0.15, 0.2) is 4.80 Å². The number of esters is 1. The second-order valence-electron chi connectivity index (χ2n) is 10.8. The molecule has 0 amide bonds. The zero-order valence-corrected chi connectivity index (χ0v) is 25.7. The van der Waals surface area contributed by atoms with Crippen LogP contribution < -0.4 is 14.9 Å². The lowest BCUT2D eigenvalue weighted by molar-refractivity contribution is -0.138. The molecule has 2 aromatic heterocycles. The molecule has 0 N–H and O–H groups in total. The van der Waals surface area contributed by atoms with Crippen LogP contribution in [0.5, 0.6) is 0 Å². The highest BCUT2D eigenvalue weighted by molar-refractivity contribution is 7.07. The minimum absolute atomic E-state index is 0.192. The molecule has 0 spiro atoms. The van der Waals surface area contributed by atoms with Crippen LogP contribution in [-0.4, -0.2) is 21.7 Å². The molecule has 43 heavy (non-hydrogen) atoms. The van der Waals surface area contributed by atoms with Crippen LogP contribution in [0, 0.1) is 27.7 Å². The lowest BCUT2D eigenvalue weighted by Gasteiger charge is -2.25. The number of aromatic nitrogens is 2. The summed E-state index contributed by atoms with van der Waals surface area (Å²) in [5.41, 5.74) is 8.88. The lowest BCUT2D eigenvalue weighted by atomic mass is 9.93. The molecule has 0 saturated heterocycles. The fraction of sp³-hybridized carbons (Fsp3) is 0.194. The molecule has 1 atom stereocenters. The largest absolute Gasteiger partial charge is 0.463 e. The third-order valence-electron chi connectivity index (χ3n) is 7.71. The van der Waals surface area contributed by atoms with Crippen molar-refractivity contribution in [3.8, 4) is 5.69 Å². The molecule has 216 valence electrons. The monoisotopic (exact) mass is 587 g/mol. The molecule has 0 unspecified atom stereocenters. The first kappa shape index (κ1) is 28.4. The molecule has 0 radical (unpaired) electrons. The summed E-state index contributed by atoms with van der Waals surface area (Å²) in [5.74, 6) is -0.481. The molecular formula is C36H33N3O3S. The summed E-state index contributed by atoms with van der Waals surface area (Å²) < 4.78 is 9.98. The Morgan fingerprint density at radius 3 is 2.23 bits per heavy atom. The highest BCUT2D eigenvalue weighted by Gasteiger charge is 2.35. The van der Waals surface area contributed by atoms with Crippen molar-refractivity contribution >= 4 is 29.1 Å². The number of carbonyl (C=O) groups is 1. The summed E-state index contributed by atoms with van der Waals surface area (Å²) in [7, 11) is 0. The Labute approximate surface area is 254 Å². The van der Waals surface area contributed by atoms with Crippen LogP contribution in [0.3, 0.4) is 0 Å². The van der Waals surface area contributed by atoms with Gasteiger partial charge in [0.1, 0.15) is 0 Å². The third-order valence-corrected chi connectivity index (χ3v) is 8.69. The Bertz CT molecular complexity index is 2050. The predicted molar refractivity (Wildman–Crippen MR) is 172 cm³/mol. The number of ether oxygens (including phenoxy) is 1. The molecule has 0 bridgehead atoms. The van der Waals surface area contributed by atoms with Crippen molar-refractivity contribution in [3.63, 3.8) is 0 Å². The van der Waals surface area contributed by atoms with Gasteiger partial charge in [-0.2, -0.15) is 0 Å². The van der Waals surface area contributed by atoms with E-state index < -0.39 is 12.0 Å². The zero-order valence-electron chi connectivity index (χ0n) is 24.9. The summed E-state index contributed by atoms with van der Waals surface area (Å²) in [6, 6.07) is 27.2. The van der Waals surface area contributed by atoms with Crippen LogP contribution in [0.15, 0.2) is 100 Å². The van der Waals surface area contributed by atoms with Gasteiger partial charge in [-0.15, -0.1) is 0 Å². The van der Waals surface area contributed by atoms with E-state index in [1.54, 1.807) is 11.5 Å². The fourth-order valence-electron chi connectivity index (χ4n) is 5.94. The van der Waals surface area contributed by atoms with E-state index in [2.05, 4.69) is 56.5 Å². The van der Waals surface area contributed by atoms with Gasteiger partial charge in [-0.05, 0) is 81.1 Å². The summed E-state index contributed by atoms with van der Waals surface area (Å²) in [6.07, 6.45) is 1.95. The maximum Gasteiger partial charge on any atom is 0.338 e. The van der Waals surface area contributed by atoms with Crippen LogP contribution in [0.25, 0.3) is 17.5 Å². The van der Waals surface area contributed by atoms with Crippen LogP contribution >= 0.6 is 11.3 Å². The van der Waals surface area contributed by atoms with Crippen molar-refractivity contribution in [1.29, 1.82) is 0 Å². The minimum atomic E-state index is -0.684. The summed E-state index contributed by atoms with van der Waals surface area (Å²) >= 11 is 1.34. The van der Waals surface area contributed by atoms with E-state index in [0.29, 0.717) is 20.6 Å². The third kappa shape index (κ3) is 5.21. The van der Waals surface area contributed by atoms with Gasteiger partial charge in [-0.25, -0.2) is 9.79 Å². The summed E-state index contributed by atoms with van der Waals surface area (Å²) in [6.45, 7) is 10.4. The SMILES string of the molecule is CCOC(=O)C1=C(c2ccccc2)N=c2s/c(=C/c3cc(C)n(-c4cc(C)cc(C)c4)c3C)c(=O)n2[C@@H]1c1ccccc1. The Kier molecular flexibility index (Phi) is 7.59. The predicted octanol–water partition coefficient (Wildman–Crippen LogP) is 5.96. The standard InChI is InChI=1S/C36H33N3O3S/c1-6-42-35(41)31-32(26-13-9-7-10-14-26)37-36-39(33(31)27-15-11-8-12-16-27)34(40)30(43-36)21-28-20-24(4)38(25(28)5)29-18-22(2)17-23(3)19-29/h7-21,33H,6H2,1-5H3/b30-21+/t33-/m1/s1. The van der Waals surface area contributed by atoms with Crippen molar-refractivity contribution in [2.75, 3.05) is 6.61 Å². The van der Waals surface area contributed by atoms with Crippen molar-refractivity contribution < 1.29 is 9.53 Å². The maximum atomic E-state index is 14.2. The summed E-state index contributed by atoms with van der Waals surface area (Å²) in [5, 5.41) is 0. The second-order valence-corrected chi connectivity index (χ2v) is 11.9. The molecule has 1 aliphatic heterocycles. The number of carbonyl (C=O) groups excluding carboxylic acids is 1. The van der Waals surface area contributed by atoms with Crippen molar-refractivity contribution in [1.82, 2.24) is 9.13 Å². The normalized spacial score (nSPS) is 14.9. The zero-order chi connectivity index (χ0) is 30.2. The number of benzene rings is 3. The van der Waals surface area contributed by atoms with Crippen molar-refractivity contribution in [2.24, 2.45) is 4.99 Å². The first-order valence-corrected chi connectivity index (χ1v) is 15.2. The van der Waals surface area contributed by atoms with Crippen LogP contribution in [0.4, 0.5) is 0 Å². The Balaban J connectivity index is 1.59. The highest BCUT2D eigenvalue weighted by Crippen LogP contribution is 2.35. The molecule has 3 heterocycles. The average molecular weight is 588 g/mol. The highest BCUT2D eigenvalue weighted by atomic mass is 32.1. The quantitative estimate of drug-likeness (QED) is 0.230. The van der Waals surface area contributed by atoms with Gasteiger partial charge in [-0.1, -0.05) is 78.1 Å². The number of hydrogen-bond donors (Lipinski definition) is 0.